The number of aromatic nitrogens is 1. The standard InChI is InChI=1S/C28H32FN3O4/c1-2-36-28(35)14-13-26(33)32(23-11-12-23)19-27(34)31(18-20-7-9-22(29)10-8-20)16-15-21-17-30-25-6-4-3-5-24(21)25/h3-10,17,23,30H,2,11-16,18-19H2,1H3. The van der Waals surface area contributed by atoms with Crippen molar-refractivity contribution in [3.8, 4) is 0 Å². The summed E-state index contributed by atoms with van der Waals surface area (Å²) in [6.07, 6.45) is 4.33. The summed E-state index contributed by atoms with van der Waals surface area (Å²) in [7, 11) is 0. The van der Waals surface area contributed by atoms with Crippen molar-refractivity contribution in [1.29, 1.82) is 0 Å². The second kappa shape index (κ2) is 11.8. The molecule has 0 unspecified atom stereocenters. The number of rotatable bonds is 12. The van der Waals surface area contributed by atoms with Crippen LogP contribution >= 0.6 is 0 Å². The van der Waals surface area contributed by atoms with Crippen molar-refractivity contribution in [3.05, 3.63) is 71.7 Å². The molecule has 1 heterocycles. The third kappa shape index (κ3) is 6.71. The highest BCUT2D eigenvalue weighted by atomic mass is 19.1. The number of carbonyl (C=O) groups is 3. The van der Waals surface area contributed by atoms with Gasteiger partial charge in [0.05, 0.1) is 13.0 Å². The van der Waals surface area contributed by atoms with E-state index in [4.69, 9.17) is 4.74 Å². The molecule has 0 atom stereocenters. The van der Waals surface area contributed by atoms with E-state index in [1.54, 1.807) is 28.9 Å². The van der Waals surface area contributed by atoms with Crippen LogP contribution in [0, 0.1) is 5.82 Å². The van der Waals surface area contributed by atoms with E-state index in [1.807, 2.05) is 30.5 Å². The zero-order chi connectivity index (χ0) is 25.5. The molecule has 0 bridgehead atoms. The number of fused-ring (bicyclic) bond motifs is 1. The van der Waals surface area contributed by atoms with Crippen LogP contribution in [0.4, 0.5) is 4.39 Å². The molecule has 190 valence electrons. The summed E-state index contributed by atoms with van der Waals surface area (Å²) in [4.78, 5) is 44.7. The maximum absolute atomic E-state index is 13.5. The van der Waals surface area contributed by atoms with Gasteiger partial charge in [-0.15, -0.1) is 0 Å². The van der Waals surface area contributed by atoms with Gasteiger partial charge in [-0.3, -0.25) is 14.4 Å². The van der Waals surface area contributed by atoms with Crippen molar-refractivity contribution in [3.63, 3.8) is 0 Å². The van der Waals surface area contributed by atoms with Crippen LogP contribution in [0.3, 0.4) is 0 Å². The maximum atomic E-state index is 13.5. The molecule has 36 heavy (non-hydrogen) atoms. The number of para-hydroxylation sites is 1. The fraction of sp³-hybridized carbons (Fsp3) is 0.393. The van der Waals surface area contributed by atoms with Gasteiger partial charge < -0.3 is 19.5 Å². The fourth-order valence-corrected chi connectivity index (χ4v) is 4.33. The van der Waals surface area contributed by atoms with Crippen LogP contribution in [-0.4, -0.2) is 58.3 Å². The molecule has 0 aliphatic heterocycles. The molecule has 1 N–H and O–H groups in total. The number of hydrogen-bond donors (Lipinski definition) is 1. The zero-order valence-electron chi connectivity index (χ0n) is 20.5. The van der Waals surface area contributed by atoms with Crippen LogP contribution in [0.15, 0.2) is 54.7 Å². The van der Waals surface area contributed by atoms with Crippen molar-refractivity contribution >= 4 is 28.7 Å². The molecular formula is C28H32FN3O4. The largest absolute Gasteiger partial charge is 0.466 e. The Labute approximate surface area is 210 Å². The summed E-state index contributed by atoms with van der Waals surface area (Å²) in [6.45, 7) is 2.72. The lowest BCUT2D eigenvalue weighted by Crippen LogP contribution is -2.44. The SMILES string of the molecule is CCOC(=O)CCC(=O)N(CC(=O)N(CCc1c[nH]c2ccccc12)Cc1ccc(F)cc1)C1CC1. The van der Waals surface area contributed by atoms with Crippen LogP contribution in [0.2, 0.25) is 0 Å². The van der Waals surface area contributed by atoms with E-state index < -0.39 is 5.97 Å². The van der Waals surface area contributed by atoms with Crippen LogP contribution in [0.25, 0.3) is 10.9 Å². The number of amides is 2. The van der Waals surface area contributed by atoms with Gasteiger partial charge in [0.1, 0.15) is 12.4 Å². The molecule has 0 saturated heterocycles. The molecule has 1 fully saturated rings. The number of nitrogens with one attached hydrogen (secondary N) is 1. The van der Waals surface area contributed by atoms with E-state index >= 15 is 0 Å². The Morgan fingerprint density at radius 2 is 1.78 bits per heavy atom. The van der Waals surface area contributed by atoms with E-state index in [1.165, 1.54) is 12.1 Å². The average Bonchev–Trinajstić information content (AvgIpc) is 3.64. The molecule has 7 nitrogen and oxygen atoms in total. The number of H-pyrrole nitrogens is 1. The molecule has 8 heteroatoms. The summed E-state index contributed by atoms with van der Waals surface area (Å²) in [5, 5.41) is 1.11. The summed E-state index contributed by atoms with van der Waals surface area (Å²) in [5.74, 6) is -1.13. The lowest BCUT2D eigenvalue weighted by molar-refractivity contribution is -0.146. The smallest absolute Gasteiger partial charge is 0.306 e. The molecule has 0 radical (unpaired) electrons. The van der Waals surface area contributed by atoms with Crippen LogP contribution in [0.5, 0.6) is 0 Å². The van der Waals surface area contributed by atoms with Crippen molar-refractivity contribution in [1.82, 2.24) is 14.8 Å². The molecule has 4 rings (SSSR count). The van der Waals surface area contributed by atoms with Gasteiger partial charge in [-0.2, -0.15) is 0 Å². The molecular weight excluding hydrogens is 461 g/mol. The summed E-state index contributed by atoms with van der Waals surface area (Å²) in [6, 6.07) is 14.1. The van der Waals surface area contributed by atoms with E-state index in [0.29, 0.717) is 19.5 Å². The lowest BCUT2D eigenvalue weighted by Gasteiger charge is -2.28. The molecule has 0 spiro atoms. The van der Waals surface area contributed by atoms with Gasteiger partial charge in [-0.1, -0.05) is 30.3 Å². The topological polar surface area (TPSA) is 82.7 Å². The van der Waals surface area contributed by atoms with Gasteiger partial charge in [0.2, 0.25) is 11.8 Å². The minimum absolute atomic E-state index is 0.00391. The monoisotopic (exact) mass is 493 g/mol. The normalized spacial score (nSPS) is 12.9. The number of aromatic amines is 1. The Bertz CT molecular complexity index is 1200. The highest BCUT2D eigenvalue weighted by Crippen LogP contribution is 2.28. The molecule has 3 aromatic rings. The lowest BCUT2D eigenvalue weighted by atomic mass is 10.1. The van der Waals surface area contributed by atoms with Gasteiger partial charge in [0.25, 0.3) is 0 Å². The van der Waals surface area contributed by atoms with Crippen molar-refractivity contribution < 1.29 is 23.5 Å². The predicted octanol–water partition coefficient (Wildman–Crippen LogP) is 4.21. The van der Waals surface area contributed by atoms with Crippen molar-refractivity contribution in [2.75, 3.05) is 19.7 Å². The first kappa shape index (κ1) is 25.4. The van der Waals surface area contributed by atoms with Crippen LogP contribution < -0.4 is 0 Å². The maximum Gasteiger partial charge on any atom is 0.306 e. The molecule has 1 aromatic heterocycles. The Balaban J connectivity index is 1.46. The predicted molar refractivity (Wildman–Crippen MR) is 134 cm³/mol. The number of ether oxygens (including phenoxy) is 1. The molecule has 1 aliphatic carbocycles. The Hall–Kier alpha value is -3.68. The quantitative estimate of drug-likeness (QED) is 0.383. The second-order valence-corrected chi connectivity index (χ2v) is 9.11. The number of benzene rings is 2. The minimum Gasteiger partial charge on any atom is -0.466 e. The van der Waals surface area contributed by atoms with Gasteiger partial charge in [-0.25, -0.2) is 4.39 Å². The molecule has 2 amide bonds. The molecule has 2 aromatic carbocycles. The van der Waals surface area contributed by atoms with Crippen LogP contribution in [0.1, 0.15) is 43.7 Å². The number of carbonyl (C=O) groups excluding carboxylic acids is 3. The third-order valence-corrected chi connectivity index (χ3v) is 6.43. The fourth-order valence-electron chi connectivity index (χ4n) is 4.33. The van der Waals surface area contributed by atoms with Crippen molar-refractivity contribution in [2.45, 2.75) is 51.6 Å². The number of esters is 1. The summed E-state index contributed by atoms with van der Waals surface area (Å²) < 4.78 is 18.4. The van der Waals surface area contributed by atoms with E-state index in [0.717, 1.165) is 34.9 Å². The Morgan fingerprint density at radius 3 is 2.50 bits per heavy atom. The van der Waals surface area contributed by atoms with Gasteiger partial charge >= 0.3 is 5.97 Å². The number of nitrogens with zero attached hydrogens (tertiary/aromatic N) is 2. The Kier molecular flexibility index (Phi) is 8.36. The van der Waals surface area contributed by atoms with Gasteiger partial charge in [0, 0.05) is 42.7 Å². The number of hydrogen-bond acceptors (Lipinski definition) is 4. The summed E-state index contributed by atoms with van der Waals surface area (Å²) >= 11 is 0. The van der Waals surface area contributed by atoms with Gasteiger partial charge in [-0.05, 0) is 55.5 Å². The zero-order valence-corrected chi connectivity index (χ0v) is 20.5. The van der Waals surface area contributed by atoms with Crippen molar-refractivity contribution in [2.24, 2.45) is 0 Å². The Morgan fingerprint density at radius 1 is 1.03 bits per heavy atom. The van der Waals surface area contributed by atoms with E-state index in [9.17, 15) is 18.8 Å². The first-order valence-corrected chi connectivity index (χ1v) is 12.5. The highest BCUT2D eigenvalue weighted by Gasteiger charge is 2.34. The third-order valence-electron chi connectivity index (χ3n) is 6.43. The van der Waals surface area contributed by atoms with Crippen LogP contribution in [-0.2, 0) is 32.1 Å². The highest BCUT2D eigenvalue weighted by molar-refractivity contribution is 5.87. The van der Waals surface area contributed by atoms with Gasteiger partial charge in [0.15, 0.2) is 0 Å². The molecule has 1 saturated carbocycles. The number of halogens is 1. The first-order chi connectivity index (χ1) is 17.4. The minimum atomic E-state index is -0.412. The average molecular weight is 494 g/mol. The first-order valence-electron chi connectivity index (χ1n) is 12.5. The van der Waals surface area contributed by atoms with E-state index in [2.05, 4.69) is 4.98 Å². The summed E-state index contributed by atoms with van der Waals surface area (Å²) in [5.41, 5.74) is 2.96. The second-order valence-electron chi connectivity index (χ2n) is 9.11. The van der Waals surface area contributed by atoms with E-state index in [-0.39, 0.29) is 49.7 Å². The molecule has 1 aliphatic rings.